The van der Waals surface area contributed by atoms with Gasteiger partial charge in [-0.1, -0.05) is 42.1 Å². The molecule has 168 valence electrons. The monoisotopic (exact) mass is 452 g/mol. The van der Waals surface area contributed by atoms with E-state index in [1.807, 2.05) is 48.2 Å². The van der Waals surface area contributed by atoms with Crippen molar-refractivity contribution in [1.29, 1.82) is 0 Å². The molecule has 0 radical (unpaired) electrons. The Labute approximate surface area is 192 Å². The van der Waals surface area contributed by atoms with Crippen LogP contribution in [-0.2, 0) is 11.3 Å². The maximum Gasteiger partial charge on any atom is 0.233 e. The van der Waals surface area contributed by atoms with Crippen molar-refractivity contribution < 1.29 is 14.3 Å². The summed E-state index contributed by atoms with van der Waals surface area (Å²) in [4.78, 5) is 15.2. The quantitative estimate of drug-likeness (QED) is 0.479. The van der Waals surface area contributed by atoms with Crippen LogP contribution in [0.15, 0.2) is 53.7 Å². The summed E-state index contributed by atoms with van der Waals surface area (Å²) in [5.41, 5.74) is 2.17. The minimum Gasteiger partial charge on any atom is -0.497 e. The summed E-state index contributed by atoms with van der Waals surface area (Å²) >= 11 is 1.44. The number of rotatable bonds is 8. The summed E-state index contributed by atoms with van der Waals surface area (Å²) < 4.78 is 13.0. The van der Waals surface area contributed by atoms with Crippen LogP contribution in [0.25, 0.3) is 0 Å². The lowest BCUT2D eigenvalue weighted by Gasteiger charge is -2.26. The third kappa shape index (κ3) is 4.75. The van der Waals surface area contributed by atoms with Gasteiger partial charge in [-0.3, -0.25) is 4.79 Å². The molecule has 1 amide bonds. The van der Waals surface area contributed by atoms with Gasteiger partial charge in [0.15, 0.2) is 5.16 Å². The summed E-state index contributed by atoms with van der Waals surface area (Å²) in [6.45, 7) is 3.36. The lowest BCUT2D eigenvalue weighted by Crippen LogP contribution is -2.32. The van der Waals surface area contributed by atoms with Crippen LogP contribution in [0.1, 0.15) is 35.8 Å². The number of benzene rings is 2. The molecule has 1 aromatic heterocycles. The lowest BCUT2D eigenvalue weighted by molar-refractivity contribution is -0.129. The van der Waals surface area contributed by atoms with Crippen molar-refractivity contribution >= 4 is 17.7 Å². The number of carbonyl (C=O) groups is 1. The Morgan fingerprint density at radius 2 is 1.94 bits per heavy atom. The van der Waals surface area contributed by atoms with Gasteiger partial charge in [0, 0.05) is 12.1 Å². The maximum atomic E-state index is 13.2. The smallest absolute Gasteiger partial charge is 0.233 e. The van der Waals surface area contributed by atoms with Crippen molar-refractivity contribution in [2.45, 2.75) is 37.5 Å². The van der Waals surface area contributed by atoms with Crippen molar-refractivity contribution in [3.63, 3.8) is 0 Å². The summed E-state index contributed by atoms with van der Waals surface area (Å²) in [6, 6.07) is 15.9. The van der Waals surface area contributed by atoms with Gasteiger partial charge < -0.3 is 18.9 Å². The van der Waals surface area contributed by atoms with E-state index in [2.05, 4.69) is 26.9 Å². The predicted octanol–water partition coefficient (Wildman–Crippen LogP) is 4.11. The molecule has 0 bridgehead atoms. The lowest BCUT2D eigenvalue weighted by atomic mass is 10.0. The van der Waals surface area contributed by atoms with E-state index in [4.69, 9.17) is 9.47 Å². The first kappa shape index (κ1) is 22.2. The van der Waals surface area contributed by atoms with Gasteiger partial charge in [0.2, 0.25) is 5.91 Å². The third-order valence-corrected chi connectivity index (χ3v) is 6.73. The molecule has 2 heterocycles. The van der Waals surface area contributed by atoms with Crippen LogP contribution in [0.2, 0.25) is 0 Å². The second-order valence-corrected chi connectivity index (χ2v) is 8.69. The van der Waals surface area contributed by atoms with Gasteiger partial charge in [-0.15, -0.1) is 10.2 Å². The van der Waals surface area contributed by atoms with Crippen molar-refractivity contribution in [2.24, 2.45) is 0 Å². The molecule has 1 saturated heterocycles. The number of thioether (sulfide) groups is 1. The van der Waals surface area contributed by atoms with Gasteiger partial charge in [-0.2, -0.15) is 0 Å². The van der Waals surface area contributed by atoms with E-state index in [-0.39, 0.29) is 11.9 Å². The van der Waals surface area contributed by atoms with Crippen LogP contribution in [0.4, 0.5) is 0 Å². The fraction of sp³-hybridized carbons (Fsp3) is 0.375. The van der Waals surface area contributed by atoms with E-state index in [0.717, 1.165) is 47.4 Å². The van der Waals surface area contributed by atoms with Crippen molar-refractivity contribution in [2.75, 3.05) is 26.5 Å². The van der Waals surface area contributed by atoms with Gasteiger partial charge in [-0.05, 0) is 43.5 Å². The fourth-order valence-electron chi connectivity index (χ4n) is 4.11. The van der Waals surface area contributed by atoms with Crippen molar-refractivity contribution in [1.82, 2.24) is 19.7 Å². The molecular formula is C24H28N4O3S. The van der Waals surface area contributed by atoms with Crippen LogP contribution < -0.4 is 9.47 Å². The van der Waals surface area contributed by atoms with Gasteiger partial charge >= 0.3 is 0 Å². The van der Waals surface area contributed by atoms with E-state index in [9.17, 15) is 4.79 Å². The molecule has 0 saturated carbocycles. The Morgan fingerprint density at radius 3 is 2.69 bits per heavy atom. The highest BCUT2D eigenvalue weighted by Gasteiger charge is 2.32. The molecule has 1 aliphatic rings. The van der Waals surface area contributed by atoms with Crippen LogP contribution in [0.5, 0.6) is 11.5 Å². The summed E-state index contributed by atoms with van der Waals surface area (Å²) in [5, 5.41) is 9.29. The van der Waals surface area contributed by atoms with E-state index in [1.165, 1.54) is 17.3 Å². The molecule has 0 N–H and O–H groups in total. The normalized spacial score (nSPS) is 15.7. The number of methoxy groups -OCH3 is 2. The second kappa shape index (κ2) is 10.1. The van der Waals surface area contributed by atoms with Gasteiger partial charge in [-0.25, -0.2) is 0 Å². The minimum absolute atomic E-state index is 0.0166. The molecule has 1 fully saturated rings. The fourth-order valence-corrected chi connectivity index (χ4v) is 4.98. The highest BCUT2D eigenvalue weighted by atomic mass is 32.2. The average molecular weight is 453 g/mol. The summed E-state index contributed by atoms with van der Waals surface area (Å²) in [7, 11) is 3.30. The molecule has 1 unspecified atom stereocenters. The number of aromatic nitrogens is 3. The zero-order valence-corrected chi connectivity index (χ0v) is 19.5. The van der Waals surface area contributed by atoms with Gasteiger partial charge in [0.25, 0.3) is 0 Å². The molecular weight excluding hydrogens is 424 g/mol. The first-order chi connectivity index (χ1) is 15.6. The molecule has 3 aromatic rings. The number of nitrogens with zero attached hydrogens (tertiary/aromatic N) is 4. The van der Waals surface area contributed by atoms with Crippen LogP contribution in [-0.4, -0.2) is 52.1 Å². The standard InChI is InChI=1S/C24H28N4O3S/c1-17-25-26-24(28(17)15-18-8-5-4-6-9-18)32-16-23(29)27-13-7-10-21(27)20-14-19(30-2)11-12-22(20)31-3/h4-6,8-9,11-12,14,21H,7,10,13,15-16H2,1-3H3. The average Bonchev–Trinajstić information content (AvgIpc) is 3.45. The second-order valence-electron chi connectivity index (χ2n) is 7.74. The van der Waals surface area contributed by atoms with Crippen LogP contribution in [0, 0.1) is 6.92 Å². The number of aryl methyl sites for hydroxylation is 1. The largest absolute Gasteiger partial charge is 0.497 e. The van der Waals surface area contributed by atoms with E-state index in [0.29, 0.717) is 12.3 Å². The van der Waals surface area contributed by atoms with E-state index < -0.39 is 0 Å². The Balaban J connectivity index is 1.47. The molecule has 8 heteroatoms. The number of hydrogen-bond acceptors (Lipinski definition) is 6. The zero-order chi connectivity index (χ0) is 22.5. The molecule has 32 heavy (non-hydrogen) atoms. The van der Waals surface area contributed by atoms with E-state index in [1.54, 1.807) is 14.2 Å². The molecule has 1 aliphatic heterocycles. The summed E-state index contributed by atoms with van der Waals surface area (Å²) in [6.07, 6.45) is 1.87. The van der Waals surface area contributed by atoms with Gasteiger partial charge in [0.1, 0.15) is 17.3 Å². The molecule has 7 nitrogen and oxygen atoms in total. The van der Waals surface area contributed by atoms with E-state index >= 15 is 0 Å². The molecule has 0 aliphatic carbocycles. The number of amides is 1. The zero-order valence-electron chi connectivity index (χ0n) is 18.7. The maximum absolute atomic E-state index is 13.2. The van der Waals surface area contributed by atoms with Crippen molar-refractivity contribution in [3.05, 3.63) is 65.5 Å². The van der Waals surface area contributed by atoms with Crippen molar-refractivity contribution in [3.8, 4) is 11.5 Å². The first-order valence-electron chi connectivity index (χ1n) is 10.7. The minimum atomic E-state index is -0.0166. The first-order valence-corrected chi connectivity index (χ1v) is 11.7. The number of ether oxygens (including phenoxy) is 2. The van der Waals surface area contributed by atoms with Crippen LogP contribution >= 0.6 is 11.8 Å². The molecule has 1 atom stereocenters. The number of hydrogen-bond donors (Lipinski definition) is 0. The Hall–Kier alpha value is -3.00. The highest BCUT2D eigenvalue weighted by molar-refractivity contribution is 7.99. The summed E-state index contributed by atoms with van der Waals surface area (Å²) in [5.74, 6) is 2.79. The Morgan fingerprint density at radius 1 is 1.12 bits per heavy atom. The topological polar surface area (TPSA) is 69.5 Å². The number of carbonyl (C=O) groups excluding carboxylic acids is 1. The highest BCUT2D eigenvalue weighted by Crippen LogP contribution is 2.39. The predicted molar refractivity (Wildman–Crippen MR) is 124 cm³/mol. The van der Waals surface area contributed by atoms with Gasteiger partial charge in [0.05, 0.1) is 32.6 Å². The molecule has 4 rings (SSSR count). The SMILES string of the molecule is COc1ccc(OC)c(C2CCCN2C(=O)CSc2nnc(C)n2Cc2ccccc2)c1. The number of likely N-dealkylation sites (tertiary alicyclic amines) is 1. The Bertz CT molecular complexity index is 1070. The Kier molecular flexibility index (Phi) is 6.99. The van der Waals surface area contributed by atoms with Crippen LogP contribution in [0.3, 0.4) is 0 Å². The molecule has 2 aromatic carbocycles. The molecule has 0 spiro atoms. The third-order valence-electron chi connectivity index (χ3n) is 5.78.